The Balaban J connectivity index is 1.84. The predicted molar refractivity (Wildman–Crippen MR) is 68.1 cm³/mol. The van der Waals surface area contributed by atoms with E-state index in [4.69, 9.17) is 4.74 Å². The van der Waals surface area contributed by atoms with Crippen molar-refractivity contribution in [2.24, 2.45) is 5.92 Å². The van der Waals surface area contributed by atoms with Crippen LogP contribution in [0.2, 0.25) is 0 Å². The molecule has 110 valence electrons. The van der Waals surface area contributed by atoms with Gasteiger partial charge < -0.3 is 4.74 Å². The molecule has 2 rings (SSSR count). The van der Waals surface area contributed by atoms with Crippen LogP contribution in [-0.2, 0) is 9.53 Å². The standard InChI is InChI=1S/C14H23F2NO2/c1-2-19-13(18)10-17(12-5-6-12)9-11-4-3-7-14(15,16)8-11/h11-12H,2-10H2,1H3. The number of alkyl halides is 2. The molecule has 1 unspecified atom stereocenters. The molecule has 0 radical (unpaired) electrons. The lowest BCUT2D eigenvalue weighted by molar-refractivity contribution is -0.145. The van der Waals surface area contributed by atoms with Crippen LogP contribution in [-0.4, -0.2) is 42.5 Å². The SMILES string of the molecule is CCOC(=O)CN(CC1CCCC(F)(F)C1)C1CC1. The third kappa shape index (κ3) is 4.71. The summed E-state index contributed by atoms with van der Waals surface area (Å²) in [4.78, 5) is 13.6. The van der Waals surface area contributed by atoms with E-state index < -0.39 is 5.92 Å². The fourth-order valence-electron chi connectivity index (χ4n) is 2.92. The van der Waals surface area contributed by atoms with E-state index in [1.807, 2.05) is 4.90 Å². The second kappa shape index (κ2) is 6.16. The second-order valence-corrected chi connectivity index (χ2v) is 5.78. The van der Waals surface area contributed by atoms with Crippen LogP contribution in [0.25, 0.3) is 0 Å². The van der Waals surface area contributed by atoms with Gasteiger partial charge in [-0.15, -0.1) is 0 Å². The zero-order valence-corrected chi connectivity index (χ0v) is 11.5. The van der Waals surface area contributed by atoms with Crippen LogP contribution in [0, 0.1) is 5.92 Å². The molecule has 0 spiro atoms. The van der Waals surface area contributed by atoms with E-state index in [1.54, 1.807) is 6.92 Å². The van der Waals surface area contributed by atoms with Gasteiger partial charge in [-0.05, 0) is 38.5 Å². The number of carbonyl (C=O) groups is 1. The average Bonchev–Trinajstić information content (AvgIpc) is 3.10. The Morgan fingerprint density at radius 1 is 1.37 bits per heavy atom. The van der Waals surface area contributed by atoms with Gasteiger partial charge in [0.1, 0.15) is 0 Å². The minimum Gasteiger partial charge on any atom is -0.465 e. The van der Waals surface area contributed by atoms with Crippen molar-refractivity contribution in [3.05, 3.63) is 0 Å². The Morgan fingerprint density at radius 3 is 2.68 bits per heavy atom. The maximum Gasteiger partial charge on any atom is 0.320 e. The normalized spacial score (nSPS) is 26.4. The summed E-state index contributed by atoms with van der Waals surface area (Å²) in [6.07, 6.45) is 3.58. The number of nitrogens with zero attached hydrogens (tertiary/aromatic N) is 1. The van der Waals surface area contributed by atoms with E-state index in [-0.39, 0.29) is 31.3 Å². The fraction of sp³-hybridized carbons (Fsp3) is 0.929. The number of esters is 1. The first kappa shape index (κ1) is 14.7. The monoisotopic (exact) mass is 275 g/mol. The van der Waals surface area contributed by atoms with Gasteiger partial charge in [0, 0.05) is 25.4 Å². The van der Waals surface area contributed by atoms with Crippen molar-refractivity contribution in [3.8, 4) is 0 Å². The van der Waals surface area contributed by atoms with Gasteiger partial charge in [-0.2, -0.15) is 0 Å². The lowest BCUT2D eigenvalue weighted by atomic mass is 9.86. The van der Waals surface area contributed by atoms with Crippen molar-refractivity contribution in [2.75, 3.05) is 19.7 Å². The molecule has 0 bridgehead atoms. The number of carbonyl (C=O) groups excluding carboxylic acids is 1. The predicted octanol–water partition coefficient (Wildman–Crippen LogP) is 2.84. The molecule has 0 heterocycles. The summed E-state index contributed by atoms with van der Waals surface area (Å²) in [6.45, 7) is 3.01. The van der Waals surface area contributed by atoms with Crippen molar-refractivity contribution < 1.29 is 18.3 Å². The van der Waals surface area contributed by atoms with Crippen molar-refractivity contribution >= 4 is 5.97 Å². The average molecular weight is 275 g/mol. The van der Waals surface area contributed by atoms with Gasteiger partial charge in [0.2, 0.25) is 5.92 Å². The summed E-state index contributed by atoms with van der Waals surface area (Å²) >= 11 is 0. The molecule has 0 aromatic rings. The van der Waals surface area contributed by atoms with Crippen LogP contribution in [0.15, 0.2) is 0 Å². The largest absolute Gasteiger partial charge is 0.465 e. The van der Waals surface area contributed by atoms with Crippen molar-refractivity contribution in [3.63, 3.8) is 0 Å². The van der Waals surface area contributed by atoms with E-state index in [2.05, 4.69) is 0 Å². The maximum atomic E-state index is 13.4. The Morgan fingerprint density at radius 2 is 2.11 bits per heavy atom. The fourth-order valence-corrected chi connectivity index (χ4v) is 2.92. The van der Waals surface area contributed by atoms with Crippen LogP contribution in [0.3, 0.4) is 0 Å². The minimum atomic E-state index is -2.51. The van der Waals surface area contributed by atoms with Crippen molar-refractivity contribution in [2.45, 2.75) is 57.4 Å². The molecule has 0 aliphatic heterocycles. The topological polar surface area (TPSA) is 29.5 Å². The first-order valence-corrected chi connectivity index (χ1v) is 7.27. The molecule has 5 heteroatoms. The number of rotatable bonds is 6. The smallest absolute Gasteiger partial charge is 0.320 e. The number of ether oxygens (including phenoxy) is 1. The lowest BCUT2D eigenvalue weighted by Crippen LogP contribution is -2.39. The summed E-state index contributed by atoms with van der Waals surface area (Å²) in [5.74, 6) is -2.74. The summed E-state index contributed by atoms with van der Waals surface area (Å²) in [5.41, 5.74) is 0. The van der Waals surface area contributed by atoms with Gasteiger partial charge in [-0.25, -0.2) is 8.78 Å². The molecule has 2 aliphatic rings. The first-order chi connectivity index (χ1) is 9.00. The molecule has 0 amide bonds. The highest BCUT2D eigenvalue weighted by Gasteiger charge is 2.39. The Bertz CT molecular complexity index is 319. The molecule has 0 saturated heterocycles. The molecule has 2 aliphatic carbocycles. The summed E-state index contributed by atoms with van der Waals surface area (Å²) in [6, 6.07) is 0.403. The second-order valence-electron chi connectivity index (χ2n) is 5.78. The van der Waals surface area contributed by atoms with E-state index in [9.17, 15) is 13.6 Å². The molecular formula is C14H23F2NO2. The molecule has 1 atom stereocenters. The molecule has 19 heavy (non-hydrogen) atoms. The van der Waals surface area contributed by atoms with Gasteiger partial charge in [-0.3, -0.25) is 9.69 Å². The van der Waals surface area contributed by atoms with E-state index in [0.29, 0.717) is 25.6 Å². The number of halogens is 2. The van der Waals surface area contributed by atoms with Crippen LogP contribution in [0.1, 0.15) is 45.4 Å². The summed E-state index contributed by atoms with van der Waals surface area (Å²) in [7, 11) is 0. The first-order valence-electron chi connectivity index (χ1n) is 7.27. The van der Waals surface area contributed by atoms with Gasteiger partial charge >= 0.3 is 5.97 Å². The van der Waals surface area contributed by atoms with Gasteiger partial charge in [0.25, 0.3) is 0 Å². The Kier molecular flexibility index (Phi) is 4.76. The molecule has 0 aromatic heterocycles. The number of hydrogen-bond donors (Lipinski definition) is 0. The summed E-state index contributed by atoms with van der Waals surface area (Å²) in [5, 5.41) is 0. The van der Waals surface area contributed by atoms with Crippen LogP contribution in [0.5, 0.6) is 0 Å². The van der Waals surface area contributed by atoms with E-state index in [0.717, 1.165) is 19.3 Å². The zero-order valence-electron chi connectivity index (χ0n) is 11.5. The maximum absolute atomic E-state index is 13.4. The van der Waals surface area contributed by atoms with Crippen LogP contribution < -0.4 is 0 Å². The van der Waals surface area contributed by atoms with Gasteiger partial charge in [0.05, 0.1) is 13.2 Å². The quantitative estimate of drug-likeness (QED) is 0.698. The molecule has 0 aromatic carbocycles. The molecule has 2 fully saturated rings. The third-order valence-corrected chi connectivity index (χ3v) is 3.94. The Hall–Kier alpha value is -0.710. The van der Waals surface area contributed by atoms with Crippen molar-refractivity contribution in [1.29, 1.82) is 0 Å². The highest BCUT2D eigenvalue weighted by Crippen LogP contribution is 2.38. The third-order valence-electron chi connectivity index (χ3n) is 3.94. The van der Waals surface area contributed by atoms with E-state index >= 15 is 0 Å². The van der Waals surface area contributed by atoms with Crippen LogP contribution >= 0.6 is 0 Å². The van der Waals surface area contributed by atoms with Gasteiger partial charge in [-0.1, -0.05) is 0 Å². The molecule has 0 N–H and O–H groups in total. The minimum absolute atomic E-state index is 0.0128. The molecule has 3 nitrogen and oxygen atoms in total. The number of hydrogen-bond acceptors (Lipinski definition) is 3. The van der Waals surface area contributed by atoms with Gasteiger partial charge in [0.15, 0.2) is 0 Å². The highest BCUT2D eigenvalue weighted by atomic mass is 19.3. The Labute approximate surface area is 113 Å². The van der Waals surface area contributed by atoms with Crippen molar-refractivity contribution in [1.82, 2.24) is 4.90 Å². The van der Waals surface area contributed by atoms with E-state index in [1.165, 1.54) is 0 Å². The summed E-state index contributed by atoms with van der Waals surface area (Å²) < 4.78 is 31.7. The highest BCUT2D eigenvalue weighted by molar-refractivity contribution is 5.71. The molecule has 2 saturated carbocycles. The lowest BCUT2D eigenvalue weighted by Gasteiger charge is -2.32. The molecular weight excluding hydrogens is 252 g/mol. The zero-order chi connectivity index (χ0) is 13.9. The van der Waals surface area contributed by atoms with Crippen LogP contribution in [0.4, 0.5) is 8.78 Å².